The average Bonchev–Trinajstić information content (AvgIpc) is 2.97. The van der Waals surface area contributed by atoms with Crippen molar-refractivity contribution in [3.8, 4) is 0 Å². The van der Waals surface area contributed by atoms with Gasteiger partial charge in [-0.2, -0.15) is 0 Å². The van der Waals surface area contributed by atoms with Crippen molar-refractivity contribution in [1.29, 1.82) is 0 Å². The van der Waals surface area contributed by atoms with E-state index >= 15 is 0 Å². The maximum Gasteiger partial charge on any atom is 0.247 e. The normalized spacial score (nSPS) is 11.7. The number of aryl methyl sites for hydroxylation is 1. The van der Waals surface area contributed by atoms with E-state index in [9.17, 15) is 9.18 Å². The Hall–Kier alpha value is -2.06. The summed E-state index contributed by atoms with van der Waals surface area (Å²) in [6, 6.07) is 5.55. The lowest BCUT2D eigenvalue weighted by atomic mass is 10.0. The monoisotopic (exact) mass is 356 g/mol. The van der Waals surface area contributed by atoms with Gasteiger partial charge in [0, 0.05) is 26.6 Å². The summed E-state index contributed by atoms with van der Waals surface area (Å²) < 4.78 is 14.6. The van der Waals surface area contributed by atoms with Crippen LogP contribution in [-0.4, -0.2) is 58.2 Å². The van der Waals surface area contributed by atoms with Crippen molar-refractivity contribution in [3.63, 3.8) is 0 Å². The summed E-state index contributed by atoms with van der Waals surface area (Å²) in [6.45, 7) is 3.02. The lowest BCUT2D eigenvalue weighted by molar-refractivity contribution is -0.133. The molecule has 0 saturated carbocycles. The first-order valence-electron chi connectivity index (χ1n) is 7.41. The van der Waals surface area contributed by atoms with Gasteiger partial charge in [0.1, 0.15) is 17.7 Å². The minimum Gasteiger partial charge on any atom is -0.343 e. The van der Waals surface area contributed by atoms with E-state index in [0.29, 0.717) is 25.3 Å². The maximum atomic E-state index is 13.1. The van der Waals surface area contributed by atoms with Crippen LogP contribution in [0.3, 0.4) is 0 Å². The molecule has 132 valence electrons. The number of amides is 1. The van der Waals surface area contributed by atoms with Gasteiger partial charge in [0.2, 0.25) is 5.91 Å². The summed E-state index contributed by atoms with van der Waals surface area (Å²) in [4.78, 5) is 14.4. The molecule has 1 unspecified atom stereocenters. The molecule has 0 bridgehead atoms. The smallest absolute Gasteiger partial charge is 0.247 e. The highest BCUT2D eigenvalue weighted by atomic mass is 35.5. The molecule has 7 nitrogen and oxygen atoms in total. The second-order valence-electron chi connectivity index (χ2n) is 5.38. The van der Waals surface area contributed by atoms with Crippen molar-refractivity contribution in [2.75, 3.05) is 27.2 Å². The molecule has 2 aromatic rings. The number of hydrogen-bond acceptors (Lipinski definition) is 5. The second kappa shape index (κ2) is 9.29. The fourth-order valence-corrected chi connectivity index (χ4v) is 2.29. The number of carbonyl (C=O) groups is 1. The van der Waals surface area contributed by atoms with Gasteiger partial charge in [0.05, 0.1) is 0 Å². The Morgan fingerprint density at radius 3 is 2.58 bits per heavy atom. The van der Waals surface area contributed by atoms with Gasteiger partial charge in [0.25, 0.3) is 0 Å². The van der Waals surface area contributed by atoms with Crippen LogP contribution in [0.2, 0.25) is 0 Å². The number of nitrogens with zero attached hydrogens (tertiary/aromatic N) is 5. The van der Waals surface area contributed by atoms with E-state index in [4.69, 9.17) is 0 Å². The minimum absolute atomic E-state index is 0. The van der Waals surface area contributed by atoms with Gasteiger partial charge in [-0.25, -0.2) is 9.07 Å². The Bertz CT molecular complexity index is 648. The average molecular weight is 357 g/mol. The molecule has 24 heavy (non-hydrogen) atoms. The molecule has 0 aliphatic carbocycles. The fraction of sp³-hybridized carbons (Fsp3) is 0.467. The van der Waals surface area contributed by atoms with Crippen LogP contribution in [0.4, 0.5) is 4.39 Å². The van der Waals surface area contributed by atoms with Gasteiger partial charge in [-0.3, -0.25) is 4.79 Å². The number of aromatic nitrogens is 4. The quantitative estimate of drug-likeness (QED) is 0.801. The third-order valence-corrected chi connectivity index (χ3v) is 3.65. The van der Waals surface area contributed by atoms with E-state index in [1.54, 1.807) is 31.0 Å². The first-order valence-corrected chi connectivity index (χ1v) is 7.41. The van der Waals surface area contributed by atoms with Crippen molar-refractivity contribution in [1.82, 2.24) is 30.4 Å². The summed E-state index contributed by atoms with van der Waals surface area (Å²) in [5.74, 6) is 0.175. The van der Waals surface area contributed by atoms with Gasteiger partial charge in [-0.15, -0.1) is 17.5 Å². The van der Waals surface area contributed by atoms with Crippen LogP contribution in [0.15, 0.2) is 24.3 Å². The molecule has 1 amide bonds. The summed E-state index contributed by atoms with van der Waals surface area (Å²) in [7, 11) is 3.58. The molecular weight excluding hydrogens is 335 g/mol. The van der Waals surface area contributed by atoms with Crippen LogP contribution in [-0.2, 0) is 11.2 Å². The van der Waals surface area contributed by atoms with E-state index in [0.717, 1.165) is 5.56 Å². The van der Waals surface area contributed by atoms with Gasteiger partial charge >= 0.3 is 0 Å². The van der Waals surface area contributed by atoms with Crippen molar-refractivity contribution in [2.45, 2.75) is 19.4 Å². The molecule has 2 rings (SSSR count). The molecule has 1 N–H and O–H groups in total. The summed E-state index contributed by atoms with van der Waals surface area (Å²) in [5.41, 5.74) is 0.849. The van der Waals surface area contributed by atoms with Crippen LogP contribution >= 0.6 is 12.4 Å². The highest BCUT2D eigenvalue weighted by Gasteiger charge is 2.26. The molecule has 9 heteroatoms. The zero-order chi connectivity index (χ0) is 16.8. The lowest BCUT2D eigenvalue weighted by Gasteiger charge is -2.24. The van der Waals surface area contributed by atoms with Crippen molar-refractivity contribution >= 4 is 18.3 Å². The number of nitrogens with one attached hydrogen (secondary N) is 1. The number of likely N-dealkylation sites (N-methyl/N-ethyl adjacent to an activating group) is 2. The van der Waals surface area contributed by atoms with Crippen LogP contribution in [0.5, 0.6) is 0 Å². The Kier molecular flexibility index (Phi) is 7.73. The summed E-state index contributed by atoms with van der Waals surface area (Å²) >= 11 is 0. The number of tetrazole rings is 1. The number of hydrogen-bond donors (Lipinski definition) is 1. The van der Waals surface area contributed by atoms with Crippen molar-refractivity contribution in [3.05, 3.63) is 41.5 Å². The zero-order valence-electron chi connectivity index (χ0n) is 13.9. The van der Waals surface area contributed by atoms with Crippen LogP contribution in [0.1, 0.15) is 17.4 Å². The highest BCUT2D eigenvalue weighted by Crippen LogP contribution is 2.17. The first kappa shape index (κ1) is 20.0. The first-order chi connectivity index (χ1) is 11.0. The standard InChI is InChI=1S/C15H21FN6O.ClH/c1-11-18-19-20-22(11)14(15(23)21(3)9-8-17-2)10-12-4-6-13(16)7-5-12;/h4-7,14,17H,8-10H2,1-3H3;1H. The number of rotatable bonds is 7. The molecule has 0 saturated heterocycles. The molecular formula is C15H22ClFN6O. The summed E-state index contributed by atoms with van der Waals surface area (Å²) in [6.07, 6.45) is 0.398. The van der Waals surface area contributed by atoms with Gasteiger partial charge < -0.3 is 10.2 Å². The predicted octanol–water partition coefficient (Wildman–Crippen LogP) is 1.00. The van der Waals surface area contributed by atoms with Crippen molar-refractivity contribution < 1.29 is 9.18 Å². The van der Waals surface area contributed by atoms with E-state index in [1.807, 2.05) is 7.05 Å². The number of halogens is 2. The molecule has 1 heterocycles. The summed E-state index contributed by atoms with van der Waals surface area (Å²) in [5, 5.41) is 14.4. The molecule has 0 fully saturated rings. The van der Waals surface area contributed by atoms with E-state index < -0.39 is 6.04 Å². The highest BCUT2D eigenvalue weighted by molar-refractivity contribution is 5.85. The van der Waals surface area contributed by atoms with Crippen LogP contribution in [0.25, 0.3) is 0 Å². The Labute approximate surface area is 146 Å². The molecule has 1 aromatic carbocycles. The van der Waals surface area contributed by atoms with Crippen molar-refractivity contribution in [2.24, 2.45) is 0 Å². The molecule has 0 radical (unpaired) electrons. The van der Waals surface area contributed by atoms with Crippen LogP contribution < -0.4 is 5.32 Å². The minimum atomic E-state index is -0.558. The molecule has 0 spiro atoms. The molecule has 0 aliphatic heterocycles. The number of carbonyl (C=O) groups excluding carboxylic acids is 1. The predicted molar refractivity (Wildman–Crippen MR) is 90.5 cm³/mol. The third kappa shape index (κ3) is 4.97. The van der Waals surface area contributed by atoms with Gasteiger partial charge in [-0.1, -0.05) is 12.1 Å². The van der Waals surface area contributed by atoms with Crippen LogP contribution in [0, 0.1) is 12.7 Å². The van der Waals surface area contributed by atoms with E-state index in [2.05, 4.69) is 20.8 Å². The molecule has 0 aliphatic rings. The largest absolute Gasteiger partial charge is 0.343 e. The molecule has 1 aromatic heterocycles. The fourth-order valence-electron chi connectivity index (χ4n) is 2.29. The van der Waals surface area contributed by atoms with E-state index in [-0.39, 0.29) is 24.1 Å². The zero-order valence-corrected chi connectivity index (χ0v) is 14.8. The Morgan fingerprint density at radius 2 is 2.04 bits per heavy atom. The molecule has 1 atom stereocenters. The Balaban J connectivity index is 0.00000288. The van der Waals surface area contributed by atoms with E-state index in [1.165, 1.54) is 16.8 Å². The van der Waals surface area contributed by atoms with Gasteiger partial charge in [0.15, 0.2) is 0 Å². The van der Waals surface area contributed by atoms with Gasteiger partial charge in [-0.05, 0) is 42.1 Å². The third-order valence-electron chi connectivity index (χ3n) is 3.65. The maximum absolute atomic E-state index is 13.1. The topological polar surface area (TPSA) is 75.9 Å². The number of benzene rings is 1. The second-order valence-corrected chi connectivity index (χ2v) is 5.38. The Morgan fingerprint density at radius 1 is 1.38 bits per heavy atom. The lowest BCUT2D eigenvalue weighted by Crippen LogP contribution is -2.39. The SMILES string of the molecule is CNCCN(C)C(=O)C(Cc1ccc(F)cc1)n1nnnc1C.Cl.